The van der Waals surface area contributed by atoms with E-state index in [1.54, 1.807) is 0 Å². The maximum absolute atomic E-state index is 11.0. The van der Waals surface area contributed by atoms with Crippen LogP contribution in [0.4, 0.5) is 0 Å². The van der Waals surface area contributed by atoms with Crippen LogP contribution in [-0.2, 0) is 9.53 Å². The van der Waals surface area contributed by atoms with Crippen LogP contribution in [0.25, 0.3) is 0 Å². The van der Waals surface area contributed by atoms with Crippen LogP contribution in [0.15, 0.2) is 23.8 Å². The van der Waals surface area contributed by atoms with Gasteiger partial charge in [0.1, 0.15) is 6.61 Å². The first-order valence-electron chi connectivity index (χ1n) is 4.21. The van der Waals surface area contributed by atoms with E-state index < -0.39 is 0 Å². The Morgan fingerprint density at radius 1 is 1.67 bits per heavy atom. The van der Waals surface area contributed by atoms with E-state index in [1.165, 1.54) is 5.57 Å². The molecular weight excluding hydrogens is 152 g/mol. The minimum absolute atomic E-state index is 0.0278. The number of allylic oxidation sites excluding steroid dienone is 3. The fourth-order valence-corrected chi connectivity index (χ4v) is 0.929. The minimum atomic E-state index is -0.122. The second kappa shape index (κ2) is 4.10. The van der Waals surface area contributed by atoms with Crippen molar-refractivity contribution >= 4 is 5.97 Å². The average Bonchev–Trinajstić information content (AvgIpc) is 2.51. The van der Waals surface area contributed by atoms with E-state index in [4.69, 9.17) is 4.74 Å². The number of hydrogen-bond donors (Lipinski definition) is 0. The SMILES string of the molecule is CC(C)C(=O)OCC1=CC=CC1. The summed E-state index contributed by atoms with van der Waals surface area (Å²) in [5, 5.41) is 0. The van der Waals surface area contributed by atoms with Gasteiger partial charge in [0.25, 0.3) is 0 Å². The predicted molar refractivity (Wildman–Crippen MR) is 47.6 cm³/mol. The van der Waals surface area contributed by atoms with Crippen molar-refractivity contribution in [2.45, 2.75) is 20.3 Å². The smallest absolute Gasteiger partial charge is 0.308 e. The van der Waals surface area contributed by atoms with Crippen LogP contribution in [0.1, 0.15) is 20.3 Å². The Morgan fingerprint density at radius 3 is 2.92 bits per heavy atom. The summed E-state index contributed by atoms with van der Waals surface area (Å²) in [4.78, 5) is 11.0. The zero-order valence-corrected chi connectivity index (χ0v) is 7.54. The Bertz CT molecular complexity index is 224. The Labute approximate surface area is 72.9 Å². The summed E-state index contributed by atoms with van der Waals surface area (Å²) in [6.45, 7) is 4.12. The van der Waals surface area contributed by atoms with Crippen LogP contribution in [0.2, 0.25) is 0 Å². The zero-order valence-electron chi connectivity index (χ0n) is 7.54. The highest BCUT2D eigenvalue weighted by Crippen LogP contribution is 2.11. The quantitative estimate of drug-likeness (QED) is 0.600. The summed E-state index contributed by atoms with van der Waals surface area (Å²) in [7, 11) is 0. The van der Waals surface area contributed by atoms with Crippen LogP contribution in [0, 0.1) is 5.92 Å². The average molecular weight is 166 g/mol. The third-order valence-corrected chi connectivity index (χ3v) is 1.72. The summed E-state index contributed by atoms with van der Waals surface area (Å²) in [6.07, 6.45) is 6.95. The molecule has 2 heteroatoms. The lowest BCUT2D eigenvalue weighted by Crippen LogP contribution is -2.13. The summed E-state index contributed by atoms with van der Waals surface area (Å²) < 4.78 is 5.04. The van der Waals surface area contributed by atoms with E-state index >= 15 is 0 Å². The van der Waals surface area contributed by atoms with Gasteiger partial charge in [-0.1, -0.05) is 32.1 Å². The molecule has 66 valence electrons. The topological polar surface area (TPSA) is 26.3 Å². The van der Waals surface area contributed by atoms with Gasteiger partial charge in [-0.3, -0.25) is 4.79 Å². The van der Waals surface area contributed by atoms with E-state index in [-0.39, 0.29) is 11.9 Å². The maximum atomic E-state index is 11.0. The molecule has 0 aromatic rings. The number of rotatable bonds is 3. The van der Waals surface area contributed by atoms with Gasteiger partial charge in [-0.15, -0.1) is 0 Å². The van der Waals surface area contributed by atoms with Crippen molar-refractivity contribution in [1.29, 1.82) is 0 Å². The van der Waals surface area contributed by atoms with Crippen molar-refractivity contribution in [3.8, 4) is 0 Å². The Balaban J connectivity index is 2.22. The van der Waals surface area contributed by atoms with Gasteiger partial charge < -0.3 is 4.74 Å². The molecule has 0 atom stereocenters. The lowest BCUT2D eigenvalue weighted by atomic mass is 10.2. The number of carbonyl (C=O) groups excluding carboxylic acids is 1. The first-order chi connectivity index (χ1) is 5.70. The number of ether oxygens (including phenoxy) is 1. The summed E-state index contributed by atoms with van der Waals surface area (Å²) in [5.41, 5.74) is 1.17. The molecule has 0 unspecified atom stereocenters. The van der Waals surface area contributed by atoms with Crippen LogP contribution < -0.4 is 0 Å². The van der Waals surface area contributed by atoms with Gasteiger partial charge in [-0.2, -0.15) is 0 Å². The molecule has 1 aliphatic carbocycles. The molecule has 2 nitrogen and oxygen atoms in total. The van der Waals surface area contributed by atoms with Gasteiger partial charge in [-0.05, 0) is 12.0 Å². The lowest BCUT2D eigenvalue weighted by molar-refractivity contribution is -0.146. The Morgan fingerprint density at radius 2 is 2.42 bits per heavy atom. The molecule has 0 fully saturated rings. The fourth-order valence-electron chi connectivity index (χ4n) is 0.929. The highest BCUT2D eigenvalue weighted by atomic mass is 16.5. The van der Waals surface area contributed by atoms with Gasteiger partial charge in [0.05, 0.1) is 5.92 Å². The van der Waals surface area contributed by atoms with Gasteiger partial charge in [-0.25, -0.2) is 0 Å². The van der Waals surface area contributed by atoms with Crippen molar-refractivity contribution in [3.05, 3.63) is 23.8 Å². The van der Waals surface area contributed by atoms with E-state index in [9.17, 15) is 4.79 Å². The maximum Gasteiger partial charge on any atom is 0.308 e. The van der Waals surface area contributed by atoms with Gasteiger partial charge in [0.2, 0.25) is 0 Å². The van der Waals surface area contributed by atoms with Gasteiger partial charge in [0, 0.05) is 0 Å². The third kappa shape index (κ3) is 2.53. The minimum Gasteiger partial charge on any atom is -0.461 e. The molecule has 0 aromatic carbocycles. The molecule has 1 aliphatic rings. The molecule has 0 radical (unpaired) electrons. The molecule has 1 rings (SSSR count). The largest absolute Gasteiger partial charge is 0.461 e. The van der Waals surface area contributed by atoms with Crippen molar-refractivity contribution in [3.63, 3.8) is 0 Å². The van der Waals surface area contributed by atoms with Crippen molar-refractivity contribution in [1.82, 2.24) is 0 Å². The molecule has 0 amide bonds. The van der Waals surface area contributed by atoms with Crippen LogP contribution in [-0.4, -0.2) is 12.6 Å². The Kier molecular flexibility index (Phi) is 3.09. The van der Waals surface area contributed by atoms with E-state index in [2.05, 4.69) is 6.08 Å². The standard InChI is InChI=1S/C10H14O2/c1-8(2)10(11)12-7-9-5-3-4-6-9/h3-5,8H,6-7H2,1-2H3. The highest BCUT2D eigenvalue weighted by molar-refractivity contribution is 5.71. The van der Waals surface area contributed by atoms with Crippen molar-refractivity contribution < 1.29 is 9.53 Å². The zero-order chi connectivity index (χ0) is 8.97. The first-order valence-corrected chi connectivity index (χ1v) is 4.21. The van der Waals surface area contributed by atoms with Crippen LogP contribution in [0.3, 0.4) is 0 Å². The lowest BCUT2D eigenvalue weighted by Gasteiger charge is -2.06. The Hall–Kier alpha value is -1.05. The summed E-state index contributed by atoms with van der Waals surface area (Å²) in [5.74, 6) is -0.150. The molecule has 0 saturated carbocycles. The molecule has 12 heavy (non-hydrogen) atoms. The summed E-state index contributed by atoms with van der Waals surface area (Å²) >= 11 is 0. The summed E-state index contributed by atoms with van der Waals surface area (Å²) in [6, 6.07) is 0. The normalized spacial score (nSPS) is 15.1. The molecular formula is C10H14O2. The second-order valence-corrected chi connectivity index (χ2v) is 3.22. The van der Waals surface area contributed by atoms with Crippen LogP contribution in [0.5, 0.6) is 0 Å². The highest BCUT2D eigenvalue weighted by Gasteiger charge is 2.09. The monoisotopic (exact) mass is 166 g/mol. The molecule has 0 aromatic heterocycles. The van der Waals surface area contributed by atoms with Crippen LogP contribution >= 0.6 is 0 Å². The molecule has 0 saturated heterocycles. The van der Waals surface area contributed by atoms with Gasteiger partial charge >= 0.3 is 5.97 Å². The van der Waals surface area contributed by atoms with E-state index in [1.807, 2.05) is 26.0 Å². The number of carbonyl (C=O) groups is 1. The van der Waals surface area contributed by atoms with E-state index in [0.717, 1.165) is 6.42 Å². The number of hydrogen-bond acceptors (Lipinski definition) is 2. The molecule has 0 N–H and O–H groups in total. The van der Waals surface area contributed by atoms with Crippen molar-refractivity contribution in [2.24, 2.45) is 5.92 Å². The third-order valence-electron chi connectivity index (χ3n) is 1.72. The van der Waals surface area contributed by atoms with E-state index in [0.29, 0.717) is 6.61 Å². The fraction of sp³-hybridized carbons (Fsp3) is 0.500. The molecule has 0 spiro atoms. The first kappa shape index (κ1) is 9.04. The predicted octanol–water partition coefficient (Wildman–Crippen LogP) is 2.07. The molecule has 0 heterocycles. The van der Waals surface area contributed by atoms with Gasteiger partial charge in [0.15, 0.2) is 0 Å². The number of esters is 1. The van der Waals surface area contributed by atoms with Crippen molar-refractivity contribution in [2.75, 3.05) is 6.61 Å². The second-order valence-electron chi connectivity index (χ2n) is 3.22. The molecule has 0 aliphatic heterocycles. The molecule has 0 bridgehead atoms.